The van der Waals surface area contributed by atoms with Crippen LogP contribution in [0.25, 0.3) is 10.9 Å². The van der Waals surface area contributed by atoms with Crippen LogP contribution in [0.3, 0.4) is 0 Å². The number of aromatic nitrogens is 1. The second-order valence-corrected chi connectivity index (χ2v) is 10.4. The van der Waals surface area contributed by atoms with Crippen molar-refractivity contribution in [3.63, 3.8) is 0 Å². The molecule has 2 atom stereocenters. The van der Waals surface area contributed by atoms with Crippen LogP contribution in [0.15, 0.2) is 91.1 Å². The molecule has 2 aliphatic heterocycles. The van der Waals surface area contributed by atoms with E-state index >= 15 is 0 Å². The van der Waals surface area contributed by atoms with Crippen molar-refractivity contribution in [1.82, 2.24) is 30.1 Å². The lowest BCUT2D eigenvalue weighted by Crippen LogP contribution is -2.76. The molecule has 1 aromatic heterocycles. The number of hydrogen-bond donors (Lipinski definition) is 1. The molecule has 0 saturated carbocycles. The number of nitrogens with one attached hydrogen (secondary N) is 1. The number of para-hydroxylation sites is 1. The molecule has 0 spiro atoms. The van der Waals surface area contributed by atoms with Crippen molar-refractivity contribution in [2.45, 2.75) is 31.7 Å². The van der Waals surface area contributed by atoms with Crippen LogP contribution < -0.4 is 5.32 Å². The Morgan fingerprint density at radius 3 is 2.56 bits per heavy atom. The zero-order valence-corrected chi connectivity index (χ0v) is 22.8. The maximum Gasteiger partial charge on any atom is 0.334 e. The highest BCUT2D eigenvalue weighted by atomic mass is 16.2. The summed E-state index contributed by atoms with van der Waals surface area (Å²) in [5.74, 6) is -0.332. The van der Waals surface area contributed by atoms with Gasteiger partial charge in [0.15, 0.2) is 0 Å². The number of nitrogens with zero attached hydrogens (tertiary/aromatic N) is 5. The molecule has 1 unspecified atom stereocenters. The van der Waals surface area contributed by atoms with Gasteiger partial charge in [-0.3, -0.25) is 14.6 Å². The molecule has 9 nitrogen and oxygen atoms in total. The van der Waals surface area contributed by atoms with Gasteiger partial charge < -0.3 is 15.1 Å². The molecule has 0 bridgehead atoms. The first-order valence-electron chi connectivity index (χ1n) is 13.7. The summed E-state index contributed by atoms with van der Waals surface area (Å²) in [5.41, 5.74) is 3.63. The monoisotopic (exact) mass is 547 g/mol. The lowest BCUT2D eigenvalue weighted by Gasteiger charge is -2.54. The molecule has 41 heavy (non-hydrogen) atoms. The molecule has 0 aliphatic carbocycles. The Morgan fingerprint density at radius 1 is 0.976 bits per heavy atom. The Kier molecular flexibility index (Phi) is 7.35. The van der Waals surface area contributed by atoms with Gasteiger partial charge in [0.25, 0.3) is 0 Å². The molecule has 1 N–H and O–H groups in total. The predicted octanol–water partition coefficient (Wildman–Crippen LogP) is 3.22. The summed E-state index contributed by atoms with van der Waals surface area (Å²) >= 11 is 0. The summed E-state index contributed by atoms with van der Waals surface area (Å²) < 4.78 is 0. The van der Waals surface area contributed by atoms with Crippen LogP contribution in [-0.2, 0) is 29.1 Å². The average molecular weight is 548 g/mol. The third-order valence-electron chi connectivity index (χ3n) is 7.73. The van der Waals surface area contributed by atoms with Gasteiger partial charge in [-0.15, -0.1) is 0 Å². The average Bonchev–Trinajstić information content (AvgIpc) is 2.99. The van der Waals surface area contributed by atoms with E-state index in [9.17, 15) is 14.4 Å². The van der Waals surface area contributed by atoms with Crippen LogP contribution in [-0.4, -0.2) is 75.0 Å². The third kappa shape index (κ3) is 5.36. The molecule has 6 rings (SSSR count). The zero-order valence-electron chi connectivity index (χ0n) is 22.8. The summed E-state index contributed by atoms with van der Waals surface area (Å²) in [6.07, 6.45) is 1.41. The highest BCUT2D eigenvalue weighted by Gasteiger charge is 2.50. The van der Waals surface area contributed by atoms with E-state index in [1.807, 2.05) is 72.8 Å². The van der Waals surface area contributed by atoms with Gasteiger partial charge in [0.1, 0.15) is 12.2 Å². The Bertz CT molecular complexity index is 1560. The fourth-order valence-corrected chi connectivity index (χ4v) is 5.78. The van der Waals surface area contributed by atoms with Crippen LogP contribution in [0.5, 0.6) is 0 Å². The molecule has 9 heteroatoms. The zero-order chi connectivity index (χ0) is 28.3. The number of benzene rings is 3. The fourth-order valence-electron chi connectivity index (χ4n) is 5.78. The normalized spacial score (nSPS) is 19.4. The Labute approximate surface area is 238 Å². The molecule has 4 aromatic rings. The van der Waals surface area contributed by atoms with Crippen LogP contribution in [0, 0.1) is 6.07 Å². The summed E-state index contributed by atoms with van der Waals surface area (Å²) in [4.78, 5) is 49.2. The molecular formula is C32H31N6O3. The minimum absolute atomic E-state index is 0.00511. The summed E-state index contributed by atoms with van der Waals surface area (Å²) in [7, 11) is 1.73. The van der Waals surface area contributed by atoms with Gasteiger partial charge in [0.05, 0.1) is 18.6 Å². The smallest absolute Gasteiger partial charge is 0.333 e. The molecule has 3 heterocycles. The second kappa shape index (κ2) is 11.4. The van der Waals surface area contributed by atoms with Gasteiger partial charge in [-0.1, -0.05) is 78.9 Å². The number of amides is 4. The topological polar surface area (TPSA) is 89.1 Å². The van der Waals surface area contributed by atoms with Gasteiger partial charge in [-0.05, 0) is 28.8 Å². The van der Waals surface area contributed by atoms with Gasteiger partial charge in [0, 0.05) is 38.1 Å². The molecule has 2 aliphatic rings. The van der Waals surface area contributed by atoms with Crippen molar-refractivity contribution >= 4 is 28.7 Å². The van der Waals surface area contributed by atoms with Crippen LogP contribution in [0.2, 0.25) is 0 Å². The minimum Gasteiger partial charge on any atom is -0.333 e. The van der Waals surface area contributed by atoms with Crippen molar-refractivity contribution in [3.05, 3.63) is 114 Å². The lowest BCUT2D eigenvalue weighted by atomic mass is 9.98. The number of hydrogen-bond acceptors (Lipinski definition) is 5. The van der Waals surface area contributed by atoms with E-state index in [1.165, 1.54) is 0 Å². The van der Waals surface area contributed by atoms with E-state index < -0.39 is 12.2 Å². The maximum atomic E-state index is 14.1. The first-order chi connectivity index (χ1) is 20.0. The number of urea groups is 1. The molecule has 4 amide bonds. The van der Waals surface area contributed by atoms with Gasteiger partial charge >= 0.3 is 6.03 Å². The Morgan fingerprint density at radius 2 is 1.76 bits per heavy atom. The number of piperazine rings is 1. The van der Waals surface area contributed by atoms with E-state index in [0.717, 1.165) is 27.6 Å². The third-order valence-corrected chi connectivity index (χ3v) is 7.73. The van der Waals surface area contributed by atoms with E-state index in [2.05, 4.69) is 16.4 Å². The van der Waals surface area contributed by atoms with Gasteiger partial charge in [-0.2, -0.15) is 0 Å². The van der Waals surface area contributed by atoms with Crippen molar-refractivity contribution in [2.24, 2.45) is 0 Å². The number of rotatable bonds is 6. The van der Waals surface area contributed by atoms with Crippen molar-refractivity contribution in [2.75, 3.05) is 20.1 Å². The van der Waals surface area contributed by atoms with E-state index in [4.69, 9.17) is 0 Å². The van der Waals surface area contributed by atoms with E-state index in [-0.39, 0.29) is 30.9 Å². The van der Waals surface area contributed by atoms with Crippen LogP contribution in [0.1, 0.15) is 16.7 Å². The van der Waals surface area contributed by atoms with Gasteiger partial charge in [0.2, 0.25) is 11.8 Å². The SMILES string of the molecule is CN1CC(=O)N2C(CN(Cc3cccc4cccnc34)C(=O)[C@@H]2Cc2cc[c]cc2)N1C(=O)NCc1ccccc1. The summed E-state index contributed by atoms with van der Waals surface area (Å²) in [5, 5.41) is 7.21. The molecule has 2 fully saturated rings. The van der Waals surface area contributed by atoms with Gasteiger partial charge in [-0.25, -0.2) is 14.8 Å². The predicted molar refractivity (Wildman–Crippen MR) is 154 cm³/mol. The highest BCUT2D eigenvalue weighted by Crippen LogP contribution is 2.29. The number of likely N-dealkylation sites (N-methyl/N-ethyl adjacent to an activating group) is 1. The number of hydrazine groups is 1. The van der Waals surface area contributed by atoms with Crippen molar-refractivity contribution in [1.29, 1.82) is 0 Å². The number of fused-ring (bicyclic) bond motifs is 2. The summed E-state index contributed by atoms with van der Waals surface area (Å²) in [6.45, 7) is 0.831. The Hall–Kier alpha value is -4.76. The first-order valence-corrected chi connectivity index (χ1v) is 13.7. The number of pyridine rings is 1. The fraction of sp³-hybridized carbons (Fsp3) is 0.250. The standard InChI is InChI=1S/C32H31N6O3/c1-35-22-29(39)37-27(18-23-10-4-2-5-11-23)31(40)36(20-26-15-8-14-25-16-9-17-33-30(25)26)21-28(37)38(35)32(41)34-19-24-12-6-3-7-13-24/h3-17,27-28H,18-22H2,1H3,(H,34,41)/t27-,28?/m0/s1. The van der Waals surface area contributed by atoms with E-state index in [0.29, 0.717) is 19.5 Å². The van der Waals surface area contributed by atoms with Crippen molar-refractivity contribution in [3.8, 4) is 0 Å². The number of carbonyl (C=O) groups is 3. The Balaban J connectivity index is 1.34. The van der Waals surface area contributed by atoms with E-state index in [1.54, 1.807) is 45.2 Å². The maximum absolute atomic E-state index is 14.1. The van der Waals surface area contributed by atoms with Crippen molar-refractivity contribution < 1.29 is 14.4 Å². The second-order valence-electron chi connectivity index (χ2n) is 10.4. The molecule has 207 valence electrons. The van der Waals surface area contributed by atoms with Crippen LogP contribution >= 0.6 is 0 Å². The lowest BCUT2D eigenvalue weighted by molar-refractivity contribution is -0.187. The molecular weight excluding hydrogens is 516 g/mol. The highest BCUT2D eigenvalue weighted by molar-refractivity contribution is 5.92. The minimum atomic E-state index is -0.760. The molecule has 1 radical (unpaired) electrons. The number of carbonyl (C=O) groups excluding carboxylic acids is 3. The quantitative estimate of drug-likeness (QED) is 0.401. The van der Waals surface area contributed by atoms with Crippen LogP contribution in [0.4, 0.5) is 4.79 Å². The largest absolute Gasteiger partial charge is 0.334 e. The molecule has 2 saturated heterocycles. The molecule has 3 aromatic carbocycles. The first kappa shape index (κ1) is 26.5. The summed E-state index contributed by atoms with van der Waals surface area (Å²) in [6, 6.07) is 28.8.